The van der Waals surface area contributed by atoms with Gasteiger partial charge in [0.1, 0.15) is 0 Å². The number of aryl methyl sites for hydroxylation is 2. The Morgan fingerprint density at radius 1 is 0.750 bits per heavy atom. The number of carbonyl (C=O) groups excluding carboxylic acids is 2. The first-order valence-electron chi connectivity index (χ1n) is 9.04. The van der Waals surface area contributed by atoms with Gasteiger partial charge >= 0.3 is 0 Å². The number of amides is 2. The minimum atomic E-state index is -0.211. The largest absolute Gasteiger partial charge is 0.323 e. The smallest absolute Gasteiger partial charge is 0.255 e. The lowest BCUT2D eigenvalue weighted by atomic mass is 10.1. The molecule has 0 saturated heterocycles. The lowest BCUT2D eigenvalue weighted by Gasteiger charge is -2.08. The van der Waals surface area contributed by atoms with Gasteiger partial charge in [0.15, 0.2) is 0 Å². The Balaban J connectivity index is 1.58. The fourth-order valence-corrected chi connectivity index (χ4v) is 2.70. The summed E-state index contributed by atoms with van der Waals surface area (Å²) in [5.74, 6) is -0.367. The van der Waals surface area contributed by atoms with E-state index in [1.54, 1.807) is 36.4 Å². The number of nitrogens with one attached hydrogen (secondary N) is 2. The Kier molecular flexibility index (Phi) is 6.02. The maximum Gasteiger partial charge on any atom is 0.255 e. The molecule has 2 N–H and O–H groups in total. The van der Waals surface area contributed by atoms with Gasteiger partial charge in [0.05, 0.1) is 0 Å². The summed E-state index contributed by atoms with van der Waals surface area (Å²) < 4.78 is 0. The first kappa shape index (κ1) is 19.1. The van der Waals surface area contributed by atoms with Crippen molar-refractivity contribution in [1.29, 1.82) is 0 Å². The van der Waals surface area contributed by atoms with Crippen molar-refractivity contribution in [3.05, 3.63) is 101 Å². The minimum absolute atomic E-state index is 0.157. The van der Waals surface area contributed by atoms with Crippen molar-refractivity contribution < 1.29 is 9.59 Å². The number of carbonyl (C=O) groups is 2. The van der Waals surface area contributed by atoms with Crippen LogP contribution in [0.1, 0.15) is 27.0 Å². The molecule has 0 aliphatic carbocycles. The number of hydrogen-bond donors (Lipinski definition) is 2. The number of anilines is 2. The second-order valence-electron chi connectivity index (χ2n) is 6.58. The molecule has 140 valence electrons. The highest BCUT2D eigenvalue weighted by atomic mass is 16.2. The fourth-order valence-electron chi connectivity index (χ4n) is 2.70. The van der Waals surface area contributed by atoms with Crippen molar-refractivity contribution in [1.82, 2.24) is 0 Å². The molecule has 0 bridgehead atoms. The molecule has 3 rings (SSSR count). The summed E-state index contributed by atoms with van der Waals surface area (Å²) in [6.07, 6.45) is 3.27. The molecule has 3 aromatic carbocycles. The van der Waals surface area contributed by atoms with Crippen LogP contribution in [0.4, 0.5) is 11.4 Å². The summed E-state index contributed by atoms with van der Waals surface area (Å²) in [5, 5.41) is 5.67. The zero-order valence-electron chi connectivity index (χ0n) is 15.9. The number of benzene rings is 3. The third-order valence-electron chi connectivity index (χ3n) is 4.30. The lowest BCUT2D eigenvalue weighted by Crippen LogP contribution is -2.13. The molecule has 3 aromatic rings. The van der Waals surface area contributed by atoms with Crippen LogP contribution in [0.25, 0.3) is 6.08 Å². The fraction of sp³-hybridized carbons (Fsp3) is 0.0833. The van der Waals surface area contributed by atoms with Gasteiger partial charge in [-0.1, -0.05) is 48.0 Å². The average molecular weight is 370 g/mol. The van der Waals surface area contributed by atoms with Crippen LogP contribution in [-0.4, -0.2) is 11.8 Å². The van der Waals surface area contributed by atoms with Gasteiger partial charge in [-0.25, -0.2) is 0 Å². The molecule has 0 fully saturated rings. The summed E-state index contributed by atoms with van der Waals surface area (Å²) in [4.78, 5) is 24.4. The van der Waals surface area contributed by atoms with Crippen LogP contribution in [0, 0.1) is 13.8 Å². The van der Waals surface area contributed by atoms with Crippen LogP contribution in [0.15, 0.2) is 78.9 Å². The van der Waals surface area contributed by atoms with Crippen molar-refractivity contribution in [3.63, 3.8) is 0 Å². The van der Waals surface area contributed by atoms with Crippen LogP contribution in [-0.2, 0) is 4.79 Å². The molecule has 0 aromatic heterocycles. The lowest BCUT2D eigenvalue weighted by molar-refractivity contribution is -0.111. The molecule has 4 nitrogen and oxygen atoms in total. The molecule has 0 atom stereocenters. The third-order valence-corrected chi connectivity index (χ3v) is 4.30. The highest BCUT2D eigenvalue weighted by molar-refractivity contribution is 6.05. The van der Waals surface area contributed by atoms with Crippen LogP contribution < -0.4 is 10.6 Å². The van der Waals surface area contributed by atoms with Crippen molar-refractivity contribution in [3.8, 4) is 0 Å². The van der Waals surface area contributed by atoms with Gasteiger partial charge in [0.25, 0.3) is 5.91 Å². The summed E-state index contributed by atoms with van der Waals surface area (Å²) in [5.41, 5.74) is 5.03. The van der Waals surface area contributed by atoms with Gasteiger partial charge in [0, 0.05) is 23.0 Å². The second-order valence-corrected chi connectivity index (χ2v) is 6.58. The Morgan fingerprint density at radius 2 is 1.36 bits per heavy atom. The molecule has 0 saturated carbocycles. The van der Waals surface area contributed by atoms with Gasteiger partial charge in [-0.2, -0.15) is 0 Å². The molecular weight excluding hydrogens is 348 g/mol. The van der Waals surface area contributed by atoms with Gasteiger partial charge in [-0.15, -0.1) is 0 Å². The summed E-state index contributed by atoms with van der Waals surface area (Å²) in [6, 6.07) is 22.4. The molecular formula is C24H22N2O2. The third kappa shape index (κ3) is 5.17. The topological polar surface area (TPSA) is 58.2 Å². The highest BCUT2D eigenvalue weighted by Crippen LogP contribution is 2.16. The molecule has 0 radical (unpaired) electrons. The normalized spacial score (nSPS) is 10.6. The average Bonchev–Trinajstić information content (AvgIpc) is 2.69. The number of rotatable bonds is 5. The minimum Gasteiger partial charge on any atom is -0.323 e. The zero-order valence-corrected chi connectivity index (χ0v) is 15.9. The Bertz CT molecular complexity index is 1000. The molecule has 2 amide bonds. The van der Waals surface area contributed by atoms with Gasteiger partial charge in [0.2, 0.25) is 5.91 Å². The van der Waals surface area contributed by atoms with E-state index in [0.29, 0.717) is 16.9 Å². The van der Waals surface area contributed by atoms with Crippen LogP contribution in [0.5, 0.6) is 0 Å². The molecule has 0 aliphatic rings. The van der Waals surface area contributed by atoms with Crippen molar-refractivity contribution in [2.24, 2.45) is 0 Å². The maximum atomic E-state index is 12.3. The van der Waals surface area contributed by atoms with Crippen LogP contribution in [0.3, 0.4) is 0 Å². The summed E-state index contributed by atoms with van der Waals surface area (Å²) in [7, 11) is 0. The molecule has 0 spiro atoms. The van der Waals surface area contributed by atoms with Gasteiger partial charge in [-0.3, -0.25) is 9.59 Å². The predicted molar refractivity (Wildman–Crippen MR) is 114 cm³/mol. The van der Waals surface area contributed by atoms with E-state index in [2.05, 4.69) is 10.6 Å². The Morgan fingerprint density at radius 3 is 2.00 bits per heavy atom. The van der Waals surface area contributed by atoms with Crippen molar-refractivity contribution in [2.45, 2.75) is 13.8 Å². The Hall–Kier alpha value is -3.66. The van der Waals surface area contributed by atoms with E-state index >= 15 is 0 Å². The molecule has 4 heteroatoms. The monoisotopic (exact) mass is 370 g/mol. The molecule has 28 heavy (non-hydrogen) atoms. The SMILES string of the molecule is Cc1ccc(/C=C/C(=O)Nc2ccc(NC(=O)c3ccccc3C)cc2)cc1. The standard InChI is InChI=1S/C24H22N2O2/c1-17-7-9-19(10-8-17)11-16-23(27)25-20-12-14-21(15-13-20)26-24(28)22-6-4-3-5-18(22)2/h3-16H,1-2H3,(H,25,27)(H,26,28)/b16-11+. The first-order valence-corrected chi connectivity index (χ1v) is 9.04. The first-order chi connectivity index (χ1) is 13.5. The highest BCUT2D eigenvalue weighted by Gasteiger charge is 2.08. The van der Waals surface area contributed by atoms with E-state index in [9.17, 15) is 9.59 Å². The van der Waals surface area contributed by atoms with E-state index in [4.69, 9.17) is 0 Å². The predicted octanol–water partition coefficient (Wildman–Crippen LogP) is 5.21. The van der Waals surface area contributed by atoms with E-state index in [1.807, 2.05) is 56.3 Å². The zero-order chi connectivity index (χ0) is 19.9. The van der Waals surface area contributed by atoms with E-state index in [0.717, 1.165) is 11.1 Å². The number of hydrogen-bond acceptors (Lipinski definition) is 2. The van der Waals surface area contributed by atoms with Crippen molar-refractivity contribution >= 4 is 29.3 Å². The second kappa shape index (κ2) is 8.82. The van der Waals surface area contributed by atoms with Crippen LogP contribution in [0.2, 0.25) is 0 Å². The van der Waals surface area contributed by atoms with Crippen LogP contribution >= 0.6 is 0 Å². The summed E-state index contributed by atoms with van der Waals surface area (Å²) in [6.45, 7) is 3.92. The molecule has 0 heterocycles. The summed E-state index contributed by atoms with van der Waals surface area (Å²) >= 11 is 0. The van der Waals surface area contributed by atoms with E-state index < -0.39 is 0 Å². The maximum absolute atomic E-state index is 12.3. The quantitative estimate of drug-likeness (QED) is 0.606. The Labute approximate surface area is 164 Å². The van der Waals surface area contributed by atoms with Gasteiger partial charge in [-0.05, 0) is 61.4 Å². The molecule has 0 aliphatic heterocycles. The van der Waals surface area contributed by atoms with Crippen molar-refractivity contribution in [2.75, 3.05) is 10.6 Å². The van der Waals surface area contributed by atoms with E-state index in [1.165, 1.54) is 11.6 Å². The van der Waals surface area contributed by atoms with E-state index in [-0.39, 0.29) is 11.8 Å². The van der Waals surface area contributed by atoms with Gasteiger partial charge < -0.3 is 10.6 Å². The molecule has 0 unspecified atom stereocenters.